The van der Waals surface area contributed by atoms with Gasteiger partial charge in [-0.2, -0.15) is 0 Å². The van der Waals surface area contributed by atoms with E-state index in [9.17, 15) is 4.79 Å². The van der Waals surface area contributed by atoms with Crippen molar-refractivity contribution in [3.8, 4) is 11.5 Å². The molecule has 200 valence electrons. The third kappa shape index (κ3) is 5.11. The number of methoxy groups -OCH3 is 2. The number of hydrogen-bond acceptors (Lipinski definition) is 9. The van der Waals surface area contributed by atoms with E-state index >= 15 is 0 Å². The van der Waals surface area contributed by atoms with Gasteiger partial charge in [0.1, 0.15) is 6.04 Å². The van der Waals surface area contributed by atoms with Crippen LogP contribution in [0, 0.1) is 0 Å². The highest BCUT2D eigenvalue weighted by molar-refractivity contribution is 5.83. The number of nitrogens with zero attached hydrogens (tertiary/aromatic N) is 7. The molecule has 11 nitrogen and oxygen atoms in total. The zero-order chi connectivity index (χ0) is 26.9. The Morgan fingerprint density at radius 1 is 1.00 bits per heavy atom. The molecule has 1 N–H and O–H groups in total. The fourth-order valence-corrected chi connectivity index (χ4v) is 5.02. The fourth-order valence-electron chi connectivity index (χ4n) is 5.02. The highest BCUT2D eigenvalue weighted by atomic mass is 16.5. The zero-order valence-electron chi connectivity index (χ0n) is 22.5. The molecule has 1 aliphatic heterocycles. The molecule has 1 fully saturated rings. The van der Waals surface area contributed by atoms with Crippen molar-refractivity contribution in [3.63, 3.8) is 0 Å². The second-order valence-corrected chi connectivity index (χ2v) is 10.5. The Morgan fingerprint density at radius 3 is 2.34 bits per heavy atom. The molecule has 3 aromatic heterocycles. The van der Waals surface area contributed by atoms with Crippen LogP contribution in [-0.2, 0) is 12.1 Å². The van der Waals surface area contributed by atoms with Gasteiger partial charge in [-0.1, -0.05) is 0 Å². The van der Waals surface area contributed by atoms with Gasteiger partial charge in [0.15, 0.2) is 17.3 Å². The minimum absolute atomic E-state index is 0.183. The summed E-state index contributed by atoms with van der Waals surface area (Å²) in [4.78, 5) is 25.5. The molecule has 11 heteroatoms. The van der Waals surface area contributed by atoms with Gasteiger partial charge < -0.3 is 14.5 Å². The molecular weight excluding hydrogens is 484 g/mol. The number of rotatable bonds is 7. The van der Waals surface area contributed by atoms with Crippen molar-refractivity contribution in [2.75, 3.05) is 40.4 Å². The normalized spacial score (nSPS) is 16.0. The van der Waals surface area contributed by atoms with Crippen LogP contribution in [0.3, 0.4) is 0 Å². The zero-order valence-corrected chi connectivity index (χ0v) is 22.5. The van der Waals surface area contributed by atoms with Gasteiger partial charge in [-0.15, -0.1) is 5.10 Å². The molecule has 4 heterocycles. The number of pyridine rings is 2. The number of aromatic nitrogens is 6. The predicted octanol–water partition coefficient (Wildman–Crippen LogP) is 2.59. The maximum atomic E-state index is 13.6. The van der Waals surface area contributed by atoms with Crippen molar-refractivity contribution in [2.45, 2.75) is 38.9 Å². The molecule has 0 aliphatic carbocycles. The molecule has 0 bridgehead atoms. The highest BCUT2D eigenvalue weighted by Gasteiger charge is 2.35. The van der Waals surface area contributed by atoms with Crippen LogP contribution in [0.1, 0.15) is 43.8 Å². The van der Waals surface area contributed by atoms with Crippen LogP contribution in [0.4, 0.5) is 0 Å². The van der Waals surface area contributed by atoms with E-state index in [1.165, 1.54) is 5.56 Å². The Bertz CT molecular complexity index is 1450. The molecular formula is C27H34N8O3. The Kier molecular flexibility index (Phi) is 7.13. The topological polar surface area (TPSA) is 114 Å². The average Bonchev–Trinajstić information content (AvgIpc) is 3.40. The lowest BCUT2D eigenvalue weighted by Gasteiger charge is -2.39. The molecule has 1 atom stereocenters. The van der Waals surface area contributed by atoms with Crippen molar-refractivity contribution in [3.05, 3.63) is 70.0 Å². The van der Waals surface area contributed by atoms with E-state index in [2.05, 4.69) is 56.1 Å². The van der Waals surface area contributed by atoms with Crippen LogP contribution >= 0.6 is 0 Å². The molecule has 0 saturated carbocycles. The molecule has 5 rings (SSSR count). The van der Waals surface area contributed by atoms with Crippen molar-refractivity contribution < 1.29 is 9.47 Å². The summed E-state index contributed by atoms with van der Waals surface area (Å²) in [5.74, 6) is 1.80. The van der Waals surface area contributed by atoms with Crippen LogP contribution in [0.15, 0.2) is 47.5 Å². The molecule has 0 amide bonds. The minimum atomic E-state index is -0.423. The smallest absolute Gasteiger partial charge is 0.253 e. The van der Waals surface area contributed by atoms with Gasteiger partial charge in [0.25, 0.3) is 5.56 Å². The monoisotopic (exact) mass is 518 g/mol. The van der Waals surface area contributed by atoms with Gasteiger partial charge in [0.2, 0.25) is 0 Å². The van der Waals surface area contributed by atoms with Crippen LogP contribution < -0.4 is 15.0 Å². The number of nitrogens with one attached hydrogen (secondary N) is 1. The van der Waals surface area contributed by atoms with Crippen molar-refractivity contribution in [2.24, 2.45) is 0 Å². The number of piperazine rings is 1. The number of H-pyrrole nitrogens is 1. The molecule has 0 spiro atoms. The fraction of sp³-hybridized carbons (Fsp3) is 0.444. The van der Waals surface area contributed by atoms with E-state index in [0.29, 0.717) is 28.4 Å². The van der Waals surface area contributed by atoms with E-state index < -0.39 is 6.04 Å². The van der Waals surface area contributed by atoms with E-state index in [1.807, 2.05) is 41.3 Å². The van der Waals surface area contributed by atoms with Gasteiger partial charge in [0.05, 0.1) is 25.3 Å². The van der Waals surface area contributed by atoms with Crippen molar-refractivity contribution in [1.82, 2.24) is 40.0 Å². The lowest BCUT2D eigenvalue weighted by molar-refractivity contribution is 0.0975. The van der Waals surface area contributed by atoms with Crippen LogP contribution in [0.25, 0.3) is 10.9 Å². The largest absolute Gasteiger partial charge is 0.493 e. The highest BCUT2D eigenvalue weighted by Crippen LogP contribution is 2.34. The van der Waals surface area contributed by atoms with E-state index in [0.717, 1.165) is 38.1 Å². The number of benzene rings is 1. The van der Waals surface area contributed by atoms with E-state index in [1.54, 1.807) is 20.3 Å². The Balaban J connectivity index is 1.54. The minimum Gasteiger partial charge on any atom is -0.493 e. The van der Waals surface area contributed by atoms with Gasteiger partial charge in [-0.05, 0) is 61.0 Å². The summed E-state index contributed by atoms with van der Waals surface area (Å²) in [6.45, 7) is 10.2. The first-order valence-electron chi connectivity index (χ1n) is 12.7. The lowest BCUT2D eigenvalue weighted by Crippen LogP contribution is -2.49. The summed E-state index contributed by atoms with van der Waals surface area (Å²) in [7, 11) is 3.18. The summed E-state index contributed by atoms with van der Waals surface area (Å²) in [6, 6.07) is 9.25. The van der Waals surface area contributed by atoms with Crippen LogP contribution in [0.2, 0.25) is 0 Å². The maximum absolute atomic E-state index is 13.6. The second-order valence-electron chi connectivity index (χ2n) is 10.5. The Morgan fingerprint density at radius 2 is 1.68 bits per heavy atom. The molecule has 1 unspecified atom stereocenters. The Labute approximate surface area is 221 Å². The summed E-state index contributed by atoms with van der Waals surface area (Å²) in [6.07, 6.45) is 3.65. The Hall–Kier alpha value is -3.83. The van der Waals surface area contributed by atoms with E-state index in [-0.39, 0.29) is 11.1 Å². The first-order valence-corrected chi connectivity index (χ1v) is 12.7. The SMILES string of the molecule is COc1cc2cc(C(c3nnnn3C(C)(C)C)N3CCN(Cc4ccncc4)CC3)c(=O)[nH]c2cc1OC. The molecule has 0 radical (unpaired) electrons. The number of aromatic amines is 1. The van der Waals surface area contributed by atoms with Crippen molar-refractivity contribution >= 4 is 10.9 Å². The summed E-state index contributed by atoms with van der Waals surface area (Å²) >= 11 is 0. The number of tetrazole rings is 1. The predicted molar refractivity (Wildman–Crippen MR) is 143 cm³/mol. The molecule has 38 heavy (non-hydrogen) atoms. The quantitative estimate of drug-likeness (QED) is 0.394. The summed E-state index contributed by atoms with van der Waals surface area (Å²) in [5.41, 5.74) is 1.95. The van der Waals surface area contributed by atoms with Crippen LogP contribution in [0.5, 0.6) is 11.5 Å². The summed E-state index contributed by atoms with van der Waals surface area (Å²) < 4.78 is 12.8. The molecule has 1 aliphatic rings. The number of fused-ring (bicyclic) bond motifs is 1. The third-order valence-corrected chi connectivity index (χ3v) is 6.97. The first kappa shape index (κ1) is 25.8. The second kappa shape index (κ2) is 10.5. The molecule has 4 aromatic rings. The van der Waals surface area contributed by atoms with Gasteiger partial charge in [-0.3, -0.25) is 19.6 Å². The summed E-state index contributed by atoms with van der Waals surface area (Å²) in [5, 5.41) is 13.6. The standard InChI is InChI=1S/C27H34N8O3/c1-27(2,3)35-25(30-31-32-35)24(34-12-10-33(11-13-34)17-18-6-8-28-9-7-18)20-14-19-15-22(37-4)23(38-5)16-21(19)29-26(20)36/h6-9,14-16,24H,10-13,17H2,1-5H3,(H,29,36). The molecule has 1 aromatic carbocycles. The van der Waals surface area contributed by atoms with Gasteiger partial charge in [-0.25, -0.2) is 4.68 Å². The van der Waals surface area contributed by atoms with Gasteiger partial charge >= 0.3 is 0 Å². The van der Waals surface area contributed by atoms with E-state index in [4.69, 9.17) is 9.47 Å². The number of ether oxygens (including phenoxy) is 2. The van der Waals surface area contributed by atoms with Crippen molar-refractivity contribution in [1.29, 1.82) is 0 Å². The first-order chi connectivity index (χ1) is 18.3. The average molecular weight is 519 g/mol. The molecule has 1 saturated heterocycles. The lowest BCUT2D eigenvalue weighted by atomic mass is 10.0. The van der Waals surface area contributed by atoms with Crippen LogP contribution in [-0.4, -0.2) is 80.4 Å². The third-order valence-electron chi connectivity index (χ3n) is 6.97. The maximum Gasteiger partial charge on any atom is 0.253 e. The van der Waals surface area contributed by atoms with Gasteiger partial charge in [0, 0.05) is 62.1 Å². The number of hydrogen-bond donors (Lipinski definition) is 1.